The molecule has 0 saturated carbocycles. The Bertz CT molecular complexity index is 561. The molecular weight excluding hydrogens is 272 g/mol. The van der Waals surface area contributed by atoms with Crippen LogP contribution in [-0.4, -0.2) is 16.2 Å². The monoisotopic (exact) mass is 294 g/mol. The molecule has 1 unspecified atom stereocenters. The van der Waals surface area contributed by atoms with E-state index in [1.165, 1.54) is 15.3 Å². The number of hydrogen-bond donors (Lipinski definition) is 2. The lowest BCUT2D eigenvalue weighted by atomic mass is 10.1. The molecule has 0 aliphatic carbocycles. The molecule has 2 aromatic heterocycles. The minimum Gasteiger partial charge on any atom is -0.407 e. The predicted molar refractivity (Wildman–Crippen MR) is 82.1 cm³/mol. The van der Waals surface area contributed by atoms with Gasteiger partial charge in [-0.05, 0) is 32.4 Å². The molecule has 0 bridgehead atoms. The highest BCUT2D eigenvalue weighted by Crippen LogP contribution is 2.28. The maximum absolute atomic E-state index is 5.58. The quantitative estimate of drug-likeness (QED) is 0.854. The molecule has 2 rings (SSSR count). The molecule has 2 heterocycles. The van der Waals surface area contributed by atoms with E-state index < -0.39 is 0 Å². The summed E-state index contributed by atoms with van der Waals surface area (Å²) in [6, 6.07) is 3.23. The van der Waals surface area contributed by atoms with Gasteiger partial charge in [0.05, 0.1) is 12.6 Å². The summed E-state index contributed by atoms with van der Waals surface area (Å²) in [5.74, 6) is 0.603. The van der Waals surface area contributed by atoms with Gasteiger partial charge in [0.2, 0.25) is 5.89 Å². The molecule has 0 spiro atoms. The molecule has 2 N–H and O–H groups in total. The predicted octanol–water partition coefficient (Wildman–Crippen LogP) is 3.42. The zero-order chi connectivity index (χ0) is 14.7. The maximum atomic E-state index is 5.58. The van der Waals surface area contributed by atoms with E-state index in [0.29, 0.717) is 24.5 Å². The van der Waals surface area contributed by atoms with Gasteiger partial charge in [0, 0.05) is 15.8 Å². The van der Waals surface area contributed by atoms with Gasteiger partial charge in [-0.15, -0.1) is 16.4 Å². The van der Waals surface area contributed by atoms with Crippen LogP contribution < -0.4 is 10.6 Å². The van der Waals surface area contributed by atoms with Crippen LogP contribution in [0.15, 0.2) is 10.5 Å². The summed E-state index contributed by atoms with van der Waals surface area (Å²) in [6.07, 6.45) is 0. The number of aromatic nitrogens is 2. The number of rotatable bonds is 6. The Balaban J connectivity index is 1.98. The van der Waals surface area contributed by atoms with Crippen molar-refractivity contribution in [3.05, 3.63) is 27.3 Å². The number of nitrogens with zero attached hydrogens (tertiary/aromatic N) is 2. The summed E-state index contributed by atoms with van der Waals surface area (Å²) in [5.41, 5.74) is 1.28. The second kappa shape index (κ2) is 6.37. The van der Waals surface area contributed by atoms with E-state index in [9.17, 15) is 0 Å². The van der Waals surface area contributed by atoms with Crippen molar-refractivity contribution in [1.82, 2.24) is 15.5 Å². The highest BCUT2D eigenvalue weighted by molar-refractivity contribution is 7.12. The summed E-state index contributed by atoms with van der Waals surface area (Å²) in [7, 11) is 0. The van der Waals surface area contributed by atoms with Gasteiger partial charge >= 0.3 is 6.01 Å². The number of nitrogens with one attached hydrogen (secondary N) is 2. The van der Waals surface area contributed by atoms with Crippen LogP contribution in [0.2, 0.25) is 0 Å². The van der Waals surface area contributed by atoms with Gasteiger partial charge in [0.15, 0.2) is 0 Å². The lowest BCUT2D eigenvalue weighted by Gasteiger charge is -2.11. The summed E-state index contributed by atoms with van der Waals surface area (Å²) in [4.78, 5) is 2.64. The molecule has 0 aliphatic heterocycles. The standard InChI is InChI=1S/C14H22N4OS/c1-8(2)15-7-13-17-18-14(19-13)16-10(4)12-6-9(3)20-11(12)5/h6,8,10,15H,7H2,1-5H3,(H,16,18). The zero-order valence-corrected chi connectivity index (χ0v) is 13.5. The smallest absolute Gasteiger partial charge is 0.315 e. The third-order valence-corrected chi connectivity index (χ3v) is 4.00. The normalized spacial score (nSPS) is 12.9. The minimum absolute atomic E-state index is 0.159. The van der Waals surface area contributed by atoms with Crippen LogP contribution in [0.25, 0.3) is 0 Å². The van der Waals surface area contributed by atoms with E-state index in [1.54, 1.807) is 0 Å². The van der Waals surface area contributed by atoms with Crippen molar-refractivity contribution in [1.29, 1.82) is 0 Å². The third-order valence-electron chi connectivity index (χ3n) is 3.01. The van der Waals surface area contributed by atoms with Crippen molar-refractivity contribution >= 4 is 17.4 Å². The first-order valence-corrected chi connectivity index (χ1v) is 7.66. The first-order chi connectivity index (χ1) is 9.45. The molecule has 0 radical (unpaired) electrons. The molecule has 0 aliphatic rings. The van der Waals surface area contributed by atoms with E-state index >= 15 is 0 Å². The summed E-state index contributed by atoms with van der Waals surface area (Å²) in [6.45, 7) is 11.1. The van der Waals surface area contributed by atoms with Gasteiger partial charge in [0.25, 0.3) is 0 Å². The molecule has 0 fully saturated rings. The molecule has 1 atom stereocenters. The highest BCUT2D eigenvalue weighted by atomic mass is 32.1. The molecule has 2 aromatic rings. The van der Waals surface area contributed by atoms with Crippen molar-refractivity contribution in [2.24, 2.45) is 0 Å². The second-order valence-electron chi connectivity index (χ2n) is 5.27. The van der Waals surface area contributed by atoms with E-state index in [4.69, 9.17) is 4.42 Å². The van der Waals surface area contributed by atoms with Crippen molar-refractivity contribution in [3.63, 3.8) is 0 Å². The summed E-state index contributed by atoms with van der Waals surface area (Å²) >= 11 is 1.81. The second-order valence-corrected chi connectivity index (χ2v) is 6.73. The zero-order valence-electron chi connectivity index (χ0n) is 12.7. The first kappa shape index (κ1) is 15.0. The SMILES string of the molecule is Cc1cc(C(C)Nc2nnc(CNC(C)C)o2)c(C)s1. The van der Waals surface area contributed by atoms with Gasteiger partial charge < -0.3 is 15.1 Å². The molecule has 110 valence electrons. The van der Waals surface area contributed by atoms with Crippen LogP contribution in [0.1, 0.15) is 48.0 Å². The van der Waals surface area contributed by atoms with E-state index in [1.807, 2.05) is 11.3 Å². The van der Waals surface area contributed by atoms with Gasteiger partial charge in [-0.25, -0.2) is 0 Å². The topological polar surface area (TPSA) is 63.0 Å². The number of hydrogen-bond acceptors (Lipinski definition) is 6. The van der Waals surface area contributed by atoms with E-state index in [0.717, 1.165) is 0 Å². The van der Waals surface area contributed by atoms with Gasteiger partial charge in [-0.3, -0.25) is 0 Å². The van der Waals surface area contributed by atoms with Gasteiger partial charge in [-0.2, -0.15) is 0 Å². The maximum Gasteiger partial charge on any atom is 0.315 e. The van der Waals surface area contributed by atoms with Crippen molar-refractivity contribution < 1.29 is 4.42 Å². The van der Waals surface area contributed by atoms with Crippen molar-refractivity contribution in [3.8, 4) is 0 Å². The molecule has 20 heavy (non-hydrogen) atoms. The number of aryl methyl sites for hydroxylation is 2. The fourth-order valence-corrected chi connectivity index (χ4v) is 3.04. The molecule has 0 saturated heterocycles. The van der Waals surface area contributed by atoms with Crippen LogP contribution in [-0.2, 0) is 6.54 Å². The Labute approximate surface area is 123 Å². The lowest BCUT2D eigenvalue weighted by molar-refractivity contribution is 0.456. The molecule has 0 amide bonds. The molecule has 5 nitrogen and oxygen atoms in total. The molecule has 6 heteroatoms. The fourth-order valence-electron chi connectivity index (χ4n) is 2.02. The van der Waals surface area contributed by atoms with Crippen LogP contribution in [0.5, 0.6) is 0 Å². The Kier molecular flexibility index (Phi) is 4.77. The lowest BCUT2D eigenvalue weighted by Crippen LogP contribution is -2.21. The average Bonchev–Trinajstić information content (AvgIpc) is 2.93. The van der Waals surface area contributed by atoms with Crippen molar-refractivity contribution in [2.45, 2.75) is 53.2 Å². The van der Waals surface area contributed by atoms with Gasteiger partial charge in [-0.1, -0.05) is 18.9 Å². The van der Waals surface area contributed by atoms with E-state index in [-0.39, 0.29) is 6.04 Å². The number of thiophene rings is 1. The summed E-state index contributed by atoms with van der Waals surface area (Å²) in [5, 5.41) is 14.6. The number of anilines is 1. The summed E-state index contributed by atoms with van der Waals surface area (Å²) < 4.78 is 5.58. The van der Waals surface area contributed by atoms with Crippen molar-refractivity contribution in [2.75, 3.05) is 5.32 Å². The van der Waals surface area contributed by atoms with E-state index in [2.05, 4.69) is 61.5 Å². The van der Waals surface area contributed by atoms with Crippen LogP contribution in [0, 0.1) is 13.8 Å². The Morgan fingerprint density at radius 3 is 2.60 bits per heavy atom. The third kappa shape index (κ3) is 3.80. The first-order valence-electron chi connectivity index (χ1n) is 6.85. The highest BCUT2D eigenvalue weighted by Gasteiger charge is 2.14. The Hall–Kier alpha value is -1.40. The Morgan fingerprint density at radius 1 is 1.25 bits per heavy atom. The van der Waals surface area contributed by atoms with Gasteiger partial charge in [0.1, 0.15) is 0 Å². The largest absolute Gasteiger partial charge is 0.407 e. The Morgan fingerprint density at radius 2 is 2.00 bits per heavy atom. The fraction of sp³-hybridized carbons (Fsp3) is 0.571. The molecule has 0 aromatic carbocycles. The average molecular weight is 294 g/mol. The minimum atomic E-state index is 0.159. The van der Waals surface area contributed by atoms with Crippen LogP contribution in [0.3, 0.4) is 0 Å². The van der Waals surface area contributed by atoms with Crippen LogP contribution in [0.4, 0.5) is 6.01 Å². The molecular formula is C14H22N4OS. The van der Waals surface area contributed by atoms with Crippen LogP contribution >= 0.6 is 11.3 Å².